The third-order valence-corrected chi connectivity index (χ3v) is 4.18. The largest absolute Gasteiger partial charge is 0.212 e. The van der Waals surface area contributed by atoms with Gasteiger partial charge in [0.25, 0.3) is 0 Å². The fourth-order valence-corrected chi connectivity index (χ4v) is 2.85. The quantitative estimate of drug-likeness (QED) is 0.772. The van der Waals surface area contributed by atoms with E-state index in [4.69, 9.17) is 0 Å². The van der Waals surface area contributed by atoms with Crippen LogP contribution in [0.2, 0.25) is 0 Å². The van der Waals surface area contributed by atoms with Crippen LogP contribution in [0, 0.1) is 6.92 Å². The summed E-state index contributed by atoms with van der Waals surface area (Å²) in [4.78, 5) is 0. The lowest BCUT2D eigenvalue weighted by Gasteiger charge is -2.27. The van der Waals surface area contributed by atoms with Gasteiger partial charge >= 0.3 is 0 Å². The summed E-state index contributed by atoms with van der Waals surface area (Å²) < 4.78 is 24.4. The summed E-state index contributed by atoms with van der Waals surface area (Å²) in [6, 6.07) is 6.08. The van der Waals surface area contributed by atoms with Crippen LogP contribution in [0.3, 0.4) is 0 Å². The molecule has 96 valence electrons. The van der Waals surface area contributed by atoms with Crippen molar-refractivity contribution < 1.29 is 8.42 Å². The average Bonchev–Trinajstić information content (AvgIpc) is 2.30. The summed E-state index contributed by atoms with van der Waals surface area (Å²) in [6.07, 6.45) is 2.10. The topological polar surface area (TPSA) is 37.4 Å². The van der Waals surface area contributed by atoms with Gasteiger partial charge in [-0.3, -0.25) is 0 Å². The van der Waals surface area contributed by atoms with Gasteiger partial charge < -0.3 is 0 Å². The van der Waals surface area contributed by atoms with Gasteiger partial charge in [-0.15, -0.1) is 0 Å². The van der Waals surface area contributed by atoms with Crippen LogP contribution >= 0.6 is 0 Å². The second-order valence-corrected chi connectivity index (χ2v) is 6.04. The van der Waals surface area contributed by atoms with Gasteiger partial charge in [0.1, 0.15) is 0 Å². The maximum atomic E-state index is 11.4. The molecule has 1 aliphatic rings. The molecule has 1 heterocycles. The van der Waals surface area contributed by atoms with E-state index >= 15 is 0 Å². The zero-order valence-electron chi connectivity index (χ0n) is 11.0. The van der Waals surface area contributed by atoms with Gasteiger partial charge in [0.05, 0.1) is 6.26 Å². The molecule has 4 heteroatoms. The molecular formula is C13H21NO2S. The lowest BCUT2D eigenvalue weighted by atomic mass is 9.96. The second kappa shape index (κ2) is 5.65. The fourth-order valence-electron chi connectivity index (χ4n) is 2.06. The summed E-state index contributed by atoms with van der Waals surface area (Å²) in [6.45, 7) is 7.21. The van der Waals surface area contributed by atoms with E-state index < -0.39 is 10.0 Å². The molecule has 1 aliphatic heterocycles. The number of aryl methyl sites for hydroxylation is 1. The van der Waals surface area contributed by atoms with Crippen LogP contribution in [-0.2, 0) is 23.0 Å². The third kappa shape index (κ3) is 3.30. The molecule has 0 aliphatic carbocycles. The van der Waals surface area contributed by atoms with Crippen molar-refractivity contribution in [2.45, 2.75) is 33.7 Å². The predicted molar refractivity (Wildman–Crippen MR) is 71.5 cm³/mol. The SMILES string of the molecule is CC.Cc1cccc2c1CCN(S(C)(=O)=O)C2. The highest BCUT2D eigenvalue weighted by molar-refractivity contribution is 7.88. The molecule has 1 aromatic carbocycles. The van der Waals surface area contributed by atoms with Crippen molar-refractivity contribution in [2.24, 2.45) is 0 Å². The zero-order chi connectivity index (χ0) is 13.1. The molecule has 3 nitrogen and oxygen atoms in total. The number of nitrogens with zero attached hydrogens (tertiary/aromatic N) is 1. The molecule has 0 spiro atoms. The van der Waals surface area contributed by atoms with Crippen molar-refractivity contribution in [3.63, 3.8) is 0 Å². The lowest BCUT2D eigenvalue weighted by Crippen LogP contribution is -2.35. The summed E-state index contributed by atoms with van der Waals surface area (Å²) >= 11 is 0. The molecule has 0 bridgehead atoms. The van der Waals surface area contributed by atoms with E-state index in [1.165, 1.54) is 21.7 Å². The Labute approximate surface area is 105 Å². The van der Waals surface area contributed by atoms with Crippen LogP contribution in [-0.4, -0.2) is 25.5 Å². The normalized spacial score (nSPS) is 15.8. The van der Waals surface area contributed by atoms with Gasteiger partial charge in [-0.25, -0.2) is 8.42 Å². The number of rotatable bonds is 1. The van der Waals surface area contributed by atoms with Crippen LogP contribution < -0.4 is 0 Å². The number of hydrogen-bond donors (Lipinski definition) is 0. The van der Waals surface area contributed by atoms with E-state index in [1.807, 2.05) is 26.0 Å². The molecule has 0 aromatic heterocycles. The minimum Gasteiger partial charge on any atom is -0.212 e. The first kappa shape index (κ1) is 14.2. The molecule has 2 rings (SSSR count). The Hall–Kier alpha value is -0.870. The van der Waals surface area contributed by atoms with Crippen LogP contribution in [0.5, 0.6) is 0 Å². The average molecular weight is 255 g/mol. The highest BCUT2D eigenvalue weighted by Gasteiger charge is 2.23. The Morgan fingerprint density at radius 2 is 1.88 bits per heavy atom. The van der Waals surface area contributed by atoms with Gasteiger partial charge in [0.15, 0.2) is 0 Å². The van der Waals surface area contributed by atoms with Gasteiger partial charge in [-0.1, -0.05) is 32.0 Å². The van der Waals surface area contributed by atoms with Gasteiger partial charge in [0, 0.05) is 13.1 Å². The van der Waals surface area contributed by atoms with Gasteiger partial charge in [-0.05, 0) is 30.0 Å². The van der Waals surface area contributed by atoms with Crippen molar-refractivity contribution in [1.29, 1.82) is 0 Å². The summed E-state index contributed by atoms with van der Waals surface area (Å²) in [5.74, 6) is 0. The number of benzene rings is 1. The Morgan fingerprint density at radius 1 is 1.24 bits per heavy atom. The van der Waals surface area contributed by atoms with E-state index in [2.05, 4.69) is 13.0 Å². The van der Waals surface area contributed by atoms with E-state index in [-0.39, 0.29) is 0 Å². The minimum atomic E-state index is -3.05. The van der Waals surface area contributed by atoms with E-state index in [0.717, 1.165) is 12.0 Å². The maximum Gasteiger partial charge on any atom is 0.211 e. The van der Waals surface area contributed by atoms with Gasteiger partial charge in [0.2, 0.25) is 10.0 Å². The molecule has 1 aromatic rings. The Morgan fingerprint density at radius 3 is 2.47 bits per heavy atom. The second-order valence-electron chi connectivity index (χ2n) is 4.06. The minimum absolute atomic E-state index is 0.524. The zero-order valence-corrected chi connectivity index (χ0v) is 11.8. The summed E-state index contributed by atoms with van der Waals surface area (Å²) in [7, 11) is -3.05. The maximum absolute atomic E-state index is 11.4. The third-order valence-electron chi connectivity index (χ3n) is 2.93. The van der Waals surface area contributed by atoms with Crippen molar-refractivity contribution in [3.8, 4) is 0 Å². The summed E-state index contributed by atoms with van der Waals surface area (Å²) in [5, 5.41) is 0. The predicted octanol–water partition coefficient (Wildman–Crippen LogP) is 2.34. The molecule has 0 saturated heterocycles. The van der Waals surface area contributed by atoms with E-state index in [0.29, 0.717) is 13.1 Å². The monoisotopic (exact) mass is 255 g/mol. The van der Waals surface area contributed by atoms with E-state index in [1.54, 1.807) is 0 Å². The smallest absolute Gasteiger partial charge is 0.211 e. The van der Waals surface area contributed by atoms with Crippen LogP contribution in [0.4, 0.5) is 0 Å². The van der Waals surface area contributed by atoms with Crippen LogP contribution in [0.25, 0.3) is 0 Å². The Balaban J connectivity index is 0.000000686. The van der Waals surface area contributed by atoms with Crippen LogP contribution in [0.1, 0.15) is 30.5 Å². The van der Waals surface area contributed by atoms with Crippen molar-refractivity contribution in [2.75, 3.05) is 12.8 Å². The molecule has 0 saturated carbocycles. The molecule has 0 fully saturated rings. The highest BCUT2D eigenvalue weighted by Crippen LogP contribution is 2.23. The highest BCUT2D eigenvalue weighted by atomic mass is 32.2. The Bertz CT molecular complexity index is 480. The number of hydrogen-bond acceptors (Lipinski definition) is 2. The first-order valence-electron chi connectivity index (χ1n) is 6.01. The molecule has 0 N–H and O–H groups in total. The van der Waals surface area contributed by atoms with Crippen molar-refractivity contribution in [3.05, 3.63) is 34.9 Å². The fraction of sp³-hybridized carbons (Fsp3) is 0.538. The molecule has 0 unspecified atom stereocenters. The van der Waals surface area contributed by atoms with Gasteiger partial charge in [-0.2, -0.15) is 4.31 Å². The van der Waals surface area contributed by atoms with Crippen LogP contribution in [0.15, 0.2) is 18.2 Å². The van der Waals surface area contributed by atoms with E-state index in [9.17, 15) is 8.42 Å². The summed E-state index contributed by atoms with van der Waals surface area (Å²) in [5.41, 5.74) is 3.73. The first-order chi connectivity index (χ1) is 7.98. The molecule has 0 amide bonds. The van der Waals surface area contributed by atoms with Crippen molar-refractivity contribution in [1.82, 2.24) is 4.31 Å². The standard InChI is InChI=1S/C11H15NO2S.C2H6/c1-9-4-3-5-10-8-12(15(2,13)14)7-6-11(9)10;1-2/h3-5H,6-8H2,1-2H3;1-2H3. The molecule has 17 heavy (non-hydrogen) atoms. The van der Waals surface area contributed by atoms with Crippen molar-refractivity contribution >= 4 is 10.0 Å². The lowest BCUT2D eigenvalue weighted by molar-refractivity contribution is 0.394. The first-order valence-corrected chi connectivity index (χ1v) is 7.86. The molecule has 0 radical (unpaired) electrons. The molecule has 0 atom stereocenters. The Kier molecular flexibility index (Phi) is 4.71. The number of fused-ring (bicyclic) bond motifs is 1. The molecular weight excluding hydrogens is 234 g/mol. The number of sulfonamides is 1.